The van der Waals surface area contributed by atoms with E-state index in [1.165, 1.54) is 37.7 Å². The normalized spacial score (nSPS) is 15.5. The maximum absolute atomic E-state index is 13.7. The molecule has 1 aliphatic rings. The number of amides is 3. The van der Waals surface area contributed by atoms with E-state index in [0.29, 0.717) is 36.0 Å². The van der Waals surface area contributed by atoms with Gasteiger partial charge in [-0.25, -0.2) is 0 Å². The van der Waals surface area contributed by atoms with Crippen LogP contribution in [0.5, 0.6) is 11.5 Å². The second-order valence-electron chi connectivity index (χ2n) is 8.66. The number of hydrogen-bond donors (Lipinski definition) is 2. The van der Waals surface area contributed by atoms with Gasteiger partial charge in [-0.2, -0.15) is 0 Å². The van der Waals surface area contributed by atoms with Crippen molar-refractivity contribution in [2.75, 3.05) is 33.9 Å². The predicted molar refractivity (Wildman–Crippen MR) is 135 cm³/mol. The minimum atomic E-state index is -1.07. The third-order valence-corrected chi connectivity index (χ3v) is 6.18. The van der Waals surface area contributed by atoms with Crippen molar-refractivity contribution in [1.29, 1.82) is 0 Å². The lowest BCUT2D eigenvalue weighted by atomic mass is 10.0. The molecule has 202 valence electrons. The molecule has 2 atom stereocenters. The quantitative estimate of drug-likeness (QED) is 0.369. The van der Waals surface area contributed by atoms with Crippen LogP contribution in [0.15, 0.2) is 63.8 Å². The highest BCUT2D eigenvalue weighted by Crippen LogP contribution is 2.33. The van der Waals surface area contributed by atoms with Gasteiger partial charge in [0.1, 0.15) is 11.8 Å². The molecule has 3 aromatic rings. The van der Waals surface area contributed by atoms with Gasteiger partial charge in [-0.05, 0) is 54.8 Å². The first-order valence-corrected chi connectivity index (χ1v) is 12.2. The Morgan fingerprint density at radius 3 is 2.47 bits per heavy atom. The van der Waals surface area contributed by atoms with Gasteiger partial charge in [0, 0.05) is 13.2 Å². The van der Waals surface area contributed by atoms with Crippen LogP contribution >= 0.6 is 0 Å². The summed E-state index contributed by atoms with van der Waals surface area (Å²) >= 11 is 0. The number of rotatable bonds is 12. The Labute approximate surface area is 220 Å². The van der Waals surface area contributed by atoms with Crippen molar-refractivity contribution in [1.82, 2.24) is 15.5 Å². The molecule has 1 aromatic carbocycles. The zero-order chi connectivity index (χ0) is 26.9. The van der Waals surface area contributed by atoms with E-state index >= 15 is 0 Å². The van der Waals surface area contributed by atoms with E-state index < -0.39 is 23.8 Å². The molecule has 38 heavy (non-hydrogen) atoms. The van der Waals surface area contributed by atoms with Crippen LogP contribution in [0.25, 0.3) is 0 Å². The molecular formula is C27H31N3O8. The summed E-state index contributed by atoms with van der Waals surface area (Å²) in [5, 5.41) is 5.49. The molecule has 0 saturated carbocycles. The number of hydrogen-bond acceptors (Lipinski definition) is 8. The van der Waals surface area contributed by atoms with Gasteiger partial charge in [0.15, 0.2) is 17.3 Å². The van der Waals surface area contributed by atoms with Crippen molar-refractivity contribution in [3.05, 3.63) is 72.1 Å². The number of furan rings is 2. The fourth-order valence-electron chi connectivity index (χ4n) is 4.26. The number of nitrogens with one attached hydrogen (secondary N) is 2. The lowest BCUT2D eigenvalue weighted by molar-refractivity contribution is -0.141. The van der Waals surface area contributed by atoms with Gasteiger partial charge in [-0.15, -0.1) is 0 Å². The van der Waals surface area contributed by atoms with Gasteiger partial charge >= 0.3 is 0 Å². The highest BCUT2D eigenvalue weighted by atomic mass is 16.5. The van der Waals surface area contributed by atoms with E-state index in [0.717, 1.165) is 12.8 Å². The van der Waals surface area contributed by atoms with Crippen LogP contribution in [0.4, 0.5) is 0 Å². The van der Waals surface area contributed by atoms with E-state index in [4.69, 9.17) is 23.0 Å². The van der Waals surface area contributed by atoms with Gasteiger partial charge in [0.2, 0.25) is 11.8 Å². The Kier molecular flexibility index (Phi) is 9.04. The first-order valence-electron chi connectivity index (χ1n) is 12.2. The van der Waals surface area contributed by atoms with Crippen molar-refractivity contribution in [2.24, 2.45) is 0 Å². The number of nitrogens with zero attached hydrogens (tertiary/aromatic N) is 1. The molecule has 0 spiro atoms. The minimum absolute atomic E-state index is 0.0190. The second-order valence-corrected chi connectivity index (χ2v) is 8.66. The first-order chi connectivity index (χ1) is 18.5. The fourth-order valence-corrected chi connectivity index (χ4v) is 4.26. The molecule has 0 aliphatic carbocycles. The minimum Gasteiger partial charge on any atom is -0.493 e. The molecule has 0 radical (unpaired) electrons. The van der Waals surface area contributed by atoms with Crippen LogP contribution in [0.3, 0.4) is 0 Å². The van der Waals surface area contributed by atoms with E-state index in [9.17, 15) is 14.4 Å². The molecule has 2 N–H and O–H groups in total. The van der Waals surface area contributed by atoms with Crippen molar-refractivity contribution in [2.45, 2.75) is 31.5 Å². The van der Waals surface area contributed by atoms with Crippen LogP contribution in [0, 0.1) is 0 Å². The SMILES string of the molecule is COc1ccc([C@H](C(=O)NC[C@H]2CCCO2)N(Cc2ccco2)C(=O)CNC(=O)c2ccco2)cc1OC. The molecule has 2 aromatic heterocycles. The Morgan fingerprint density at radius 1 is 1.03 bits per heavy atom. The van der Waals surface area contributed by atoms with E-state index in [-0.39, 0.29) is 25.0 Å². The van der Waals surface area contributed by atoms with Crippen LogP contribution in [-0.4, -0.2) is 62.6 Å². The summed E-state index contributed by atoms with van der Waals surface area (Å²) in [5.41, 5.74) is 0.491. The summed E-state index contributed by atoms with van der Waals surface area (Å²) in [6.07, 6.45) is 4.53. The number of methoxy groups -OCH3 is 2. The summed E-state index contributed by atoms with van der Waals surface area (Å²) in [4.78, 5) is 41.0. The van der Waals surface area contributed by atoms with Gasteiger partial charge in [0.05, 0.1) is 45.9 Å². The summed E-state index contributed by atoms with van der Waals surface area (Å²) < 4.78 is 27.0. The molecule has 1 fully saturated rings. The molecule has 4 rings (SSSR count). The summed E-state index contributed by atoms with van der Waals surface area (Å²) in [6.45, 7) is 0.566. The highest BCUT2D eigenvalue weighted by molar-refractivity contribution is 5.95. The maximum Gasteiger partial charge on any atom is 0.287 e. The zero-order valence-corrected chi connectivity index (χ0v) is 21.3. The predicted octanol–water partition coefficient (Wildman–Crippen LogP) is 2.68. The standard InChI is InChI=1S/C27H31N3O8/c1-34-21-10-9-18(14-23(21)35-2)25(27(33)28-15-19-6-3-11-36-19)30(17-20-7-4-12-37-20)24(31)16-29-26(32)22-8-5-13-38-22/h4-5,7-10,12-14,19,25H,3,6,11,15-17H2,1-2H3,(H,28,33)(H,29,32)/t19-,25-/m1/s1. The number of ether oxygens (including phenoxy) is 3. The van der Waals surface area contributed by atoms with Gasteiger partial charge < -0.3 is 38.6 Å². The van der Waals surface area contributed by atoms with Crippen molar-refractivity contribution in [3.8, 4) is 11.5 Å². The third-order valence-electron chi connectivity index (χ3n) is 6.18. The van der Waals surface area contributed by atoms with Crippen molar-refractivity contribution in [3.63, 3.8) is 0 Å². The van der Waals surface area contributed by atoms with E-state index in [1.807, 2.05) is 0 Å². The monoisotopic (exact) mass is 525 g/mol. The van der Waals surface area contributed by atoms with Gasteiger partial charge in [-0.1, -0.05) is 6.07 Å². The third kappa shape index (κ3) is 6.54. The van der Waals surface area contributed by atoms with Crippen molar-refractivity contribution >= 4 is 17.7 Å². The maximum atomic E-state index is 13.7. The largest absolute Gasteiger partial charge is 0.493 e. The molecule has 0 bridgehead atoms. The number of benzene rings is 1. The Morgan fingerprint density at radius 2 is 1.82 bits per heavy atom. The Hall–Kier alpha value is -4.25. The topological polar surface area (TPSA) is 132 Å². The number of carbonyl (C=O) groups is 3. The average molecular weight is 526 g/mol. The second kappa shape index (κ2) is 12.8. The lowest BCUT2D eigenvalue weighted by Gasteiger charge is -2.31. The Bertz CT molecular complexity index is 1200. The Balaban J connectivity index is 1.64. The van der Waals surface area contributed by atoms with E-state index in [2.05, 4.69) is 10.6 Å². The summed E-state index contributed by atoms with van der Waals surface area (Å²) in [5.74, 6) is -0.0535. The van der Waals surface area contributed by atoms with Crippen LogP contribution < -0.4 is 20.1 Å². The molecule has 1 saturated heterocycles. The number of carbonyl (C=O) groups excluding carboxylic acids is 3. The highest BCUT2D eigenvalue weighted by Gasteiger charge is 2.33. The molecule has 3 heterocycles. The van der Waals surface area contributed by atoms with Gasteiger partial charge in [0.25, 0.3) is 5.91 Å². The molecule has 0 unspecified atom stereocenters. The lowest BCUT2D eigenvalue weighted by Crippen LogP contribution is -2.47. The summed E-state index contributed by atoms with van der Waals surface area (Å²) in [7, 11) is 3.00. The zero-order valence-electron chi connectivity index (χ0n) is 21.3. The van der Waals surface area contributed by atoms with Gasteiger partial charge in [-0.3, -0.25) is 14.4 Å². The average Bonchev–Trinajstić information content (AvgIpc) is 3.74. The molecule has 11 nitrogen and oxygen atoms in total. The first kappa shape index (κ1) is 26.8. The molecule has 3 amide bonds. The molecular weight excluding hydrogens is 494 g/mol. The molecule has 1 aliphatic heterocycles. The van der Waals surface area contributed by atoms with Crippen molar-refractivity contribution < 1.29 is 37.4 Å². The summed E-state index contributed by atoms with van der Waals surface area (Å²) in [6, 6.07) is 10.4. The fraction of sp³-hybridized carbons (Fsp3) is 0.370. The van der Waals surface area contributed by atoms with Crippen LogP contribution in [0.1, 0.15) is 40.8 Å². The van der Waals surface area contributed by atoms with E-state index in [1.54, 1.807) is 36.4 Å². The molecule has 11 heteroatoms. The smallest absolute Gasteiger partial charge is 0.287 e. The van der Waals surface area contributed by atoms with Crippen LogP contribution in [-0.2, 0) is 20.9 Å². The van der Waals surface area contributed by atoms with Crippen LogP contribution in [0.2, 0.25) is 0 Å².